The first-order valence-electron chi connectivity index (χ1n) is 11.4. The van der Waals surface area contributed by atoms with Crippen LogP contribution < -0.4 is 14.8 Å². The summed E-state index contributed by atoms with van der Waals surface area (Å²) in [6, 6.07) is 21.3. The van der Waals surface area contributed by atoms with Crippen LogP contribution >= 0.6 is 0 Å². The van der Waals surface area contributed by atoms with E-state index in [0.717, 1.165) is 16.7 Å². The van der Waals surface area contributed by atoms with Crippen LogP contribution in [0.15, 0.2) is 83.8 Å². The summed E-state index contributed by atoms with van der Waals surface area (Å²) < 4.78 is 46.8. The summed E-state index contributed by atoms with van der Waals surface area (Å²) in [5, 5.41) is 2.66. The zero-order valence-corrected chi connectivity index (χ0v) is 20.6. The standard InChI is InChI=1S/C27H27NO7S/c1-20-9-12-24(13-10-20)36(30,31)34-19-23-18-32-25-14-11-21(16-26(25)35-23)8-5-15-28-27(29)33-17-22-6-3-2-4-7-22/h2-14,16,23H,15,17-19H2,1H3,(H,28,29). The van der Waals surface area contributed by atoms with Crippen molar-refractivity contribution in [3.8, 4) is 11.5 Å². The van der Waals surface area contributed by atoms with Crippen LogP contribution in [0.4, 0.5) is 4.79 Å². The number of nitrogens with one attached hydrogen (secondary N) is 1. The number of carbonyl (C=O) groups excluding carboxylic acids is 1. The molecule has 0 radical (unpaired) electrons. The van der Waals surface area contributed by atoms with E-state index in [4.69, 9.17) is 18.4 Å². The molecule has 1 atom stereocenters. The smallest absolute Gasteiger partial charge is 0.407 e. The summed E-state index contributed by atoms with van der Waals surface area (Å²) in [6.45, 7) is 2.36. The Morgan fingerprint density at radius 2 is 1.83 bits per heavy atom. The zero-order chi connectivity index (χ0) is 25.4. The molecule has 1 aliphatic rings. The van der Waals surface area contributed by atoms with Gasteiger partial charge < -0.3 is 19.5 Å². The fraction of sp³-hybridized carbons (Fsp3) is 0.222. The van der Waals surface area contributed by atoms with E-state index in [1.165, 1.54) is 12.1 Å². The maximum absolute atomic E-state index is 12.4. The molecule has 0 bridgehead atoms. The molecular weight excluding hydrogens is 482 g/mol. The highest BCUT2D eigenvalue weighted by Crippen LogP contribution is 2.33. The first-order chi connectivity index (χ1) is 17.4. The number of hydrogen-bond donors (Lipinski definition) is 1. The third-order valence-electron chi connectivity index (χ3n) is 5.29. The monoisotopic (exact) mass is 509 g/mol. The molecule has 1 heterocycles. The fourth-order valence-electron chi connectivity index (χ4n) is 3.37. The summed E-state index contributed by atoms with van der Waals surface area (Å²) in [5.74, 6) is 1.05. The molecule has 188 valence electrons. The molecule has 8 nitrogen and oxygen atoms in total. The highest BCUT2D eigenvalue weighted by molar-refractivity contribution is 7.86. The van der Waals surface area contributed by atoms with Gasteiger partial charge >= 0.3 is 6.09 Å². The molecule has 0 saturated heterocycles. The number of amides is 1. The number of ether oxygens (including phenoxy) is 3. The van der Waals surface area contributed by atoms with E-state index in [-0.39, 0.29) is 31.3 Å². The van der Waals surface area contributed by atoms with E-state index < -0.39 is 22.3 Å². The molecule has 36 heavy (non-hydrogen) atoms. The van der Waals surface area contributed by atoms with E-state index in [2.05, 4.69) is 5.32 Å². The van der Waals surface area contributed by atoms with Crippen LogP contribution in [0, 0.1) is 6.92 Å². The Kier molecular flexibility index (Phi) is 8.24. The van der Waals surface area contributed by atoms with E-state index in [9.17, 15) is 13.2 Å². The number of fused-ring (bicyclic) bond motifs is 1. The second-order valence-corrected chi connectivity index (χ2v) is 9.77. The third kappa shape index (κ3) is 7.10. The number of benzene rings is 3. The van der Waals surface area contributed by atoms with Gasteiger partial charge in [0, 0.05) is 6.54 Å². The number of hydrogen-bond acceptors (Lipinski definition) is 7. The van der Waals surface area contributed by atoms with E-state index in [1.807, 2.05) is 49.4 Å². The summed E-state index contributed by atoms with van der Waals surface area (Å²) in [6.07, 6.45) is 2.51. The number of alkyl carbamates (subject to hydrolysis) is 1. The maximum Gasteiger partial charge on any atom is 0.407 e. The molecular formula is C27H27NO7S. The molecule has 1 unspecified atom stereocenters. The van der Waals surface area contributed by atoms with Crippen LogP contribution in [0.5, 0.6) is 11.5 Å². The summed E-state index contributed by atoms with van der Waals surface area (Å²) >= 11 is 0. The van der Waals surface area contributed by atoms with Crippen LogP contribution in [0.3, 0.4) is 0 Å². The molecule has 0 aliphatic carbocycles. The van der Waals surface area contributed by atoms with E-state index in [1.54, 1.807) is 30.3 Å². The first-order valence-corrected chi connectivity index (χ1v) is 12.8. The van der Waals surface area contributed by atoms with Gasteiger partial charge in [0.1, 0.15) is 19.8 Å². The molecule has 1 aliphatic heterocycles. The molecule has 0 fully saturated rings. The van der Waals surface area contributed by atoms with Crippen LogP contribution in [0.1, 0.15) is 16.7 Å². The number of rotatable bonds is 9. The lowest BCUT2D eigenvalue weighted by molar-refractivity contribution is 0.0555. The van der Waals surface area contributed by atoms with Gasteiger partial charge in [-0.05, 0) is 42.3 Å². The van der Waals surface area contributed by atoms with Crippen molar-refractivity contribution in [3.63, 3.8) is 0 Å². The van der Waals surface area contributed by atoms with Crippen molar-refractivity contribution < 1.29 is 31.6 Å². The van der Waals surface area contributed by atoms with Gasteiger partial charge in [0.2, 0.25) is 0 Å². The van der Waals surface area contributed by atoms with Crippen molar-refractivity contribution in [2.75, 3.05) is 19.8 Å². The number of aryl methyl sites for hydroxylation is 1. The first kappa shape index (κ1) is 25.3. The van der Waals surface area contributed by atoms with Crippen LogP contribution in [-0.2, 0) is 25.6 Å². The minimum absolute atomic E-state index is 0.0928. The largest absolute Gasteiger partial charge is 0.486 e. The molecule has 3 aromatic carbocycles. The van der Waals surface area contributed by atoms with Gasteiger partial charge in [-0.3, -0.25) is 4.18 Å². The van der Waals surface area contributed by atoms with Gasteiger partial charge in [-0.25, -0.2) is 4.79 Å². The second-order valence-electron chi connectivity index (χ2n) is 8.15. The van der Waals surface area contributed by atoms with Gasteiger partial charge in [-0.1, -0.05) is 66.2 Å². The highest BCUT2D eigenvalue weighted by atomic mass is 32.2. The third-order valence-corrected chi connectivity index (χ3v) is 6.59. The predicted molar refractivity (Wildman–Crippen MR) is 134 cm³/mol. The Labute approximate surface area is 210 Å². The van der Waals surface area contributed by atoms with Gasteiger partial charge in [-0.2, -0.15) is 8.42 Å². The van der Waals surface area contributed by atoms with Crippen LogP contribution in [0.2, 0.25) is 0 Å². The second kappa shape index (κ2) is 11.7. The summed E-state index contributed by atoms with van der Waals surface area (Å²) in [4.78, 5) is 11.9. The average Bonchev–Trinajstić information content (AvgIpc) is 2.89. The highest BCUT2D eigenvalue weighted by Gasteiger charge is 2.25. The SMILES string of the molecule is Cc1ccc(S(=O)(=O)OCC2COc3ccc(C=CCNC(=O)OCc4ccccc4)cc3O2)cc1. The Morgan fingerprint density at radius 1 is 1.06 bits per heavy atom. The van der Waals surface area contributed by atoms with Crippen LogP contribution in [-0.4, -0.2) is 40.4 Å². The average molecular weight is 510 g/mol. The van der Waals surface area contributed by atoms with Crippen molar-refractivity contribution in [1.82, 2.24) is 5.32 Å². The zero-order valence-electron chi connectivity index (χ0n) is 19.8. The summed E-state index contributed by atoms with van der Waals surface area (Å²) in [5.41, 5.74) is 2.69. The molecule has 3 aromatic rings. The lowest BCUT2D eigenvalue weighted by atomic mass is 10.1. The van der Waals surface area contributed by atoms with Gasteiger partial charge in [0.25, 0.3) is 10.1 Å². The van der Waals surface area contributed by atoms with Crippen LogP contribution in [0.25, 0.3) is 6.08 Å². The lowest BCUT2D eigenvalue weighted by Crippen LogP contribution is -2.34. The van der Waals surface area contributed by atoms with Crippen molar-refractivity contribution in [2.45, 2.75) is 24.5 Å². The molecule has 1 N–H and O–H groups in total. The minimum atomic E-state index is -3.90. The Hall–Kier alpha value is -3.82. The molecule has 0 aromatic heterocycles. The Bertz CT molecular complexity index is 1310. The van der Waals surface area contributed by atoms with Crippen molar-refractivity contribution in [3.05, 3.63) is 95.6 Å². The van der Waals surface area contributed by atoms with Gasteiger partial charge in [-0.15, -0.1) is 0 Å². The van der Waals surface area contributed by atoms with E-state index >= 15 is 0 Å². The predicted octanol–water partition coefficient (Wildman–Crippen LogP) is 4.48. The molecule has 4 rings (SSSR count). The van der Waals surface area contributed by atoms with Crippen molar-refractivity contribution in [1.29, 1.82) is 0 Å². The quantitative estimate of drug-likeness (QED) is 0.425. The van der Waals surface area contributed by atoms with Crippen molar-refractivity contribution in [2.24, 2.45) is 0 Å². The normalized spacial score (nSPS) is 15.0. The molecule has 0 spiro atoms. The van der Waals surface area contributed by atoms with Gasteiger partial charge in [0.05, 0.1) is 4.90 Å². The molecule has 9 heteroatoms. The summed E-state index contributed by atoms with van der Waals surface area (Å²) in [7, 11) is -3.90. The Morgan fingerprint density at radius 3 is 2.61 bits per heavy atom. The lowest BCUT2D eigenvalue weighted by Gasteiger charge is -2.26. The fourth-order valence-corrected chi connectivity index (χ4v) is 4.30. The topological polar surface area (TPSA) is 100 Å². The minimum Gasteiger partial charge on any atom is -0.486 e. The number of carbonyl (C=O) groups is 1. The molecule has 1 amide bonds. The van der Waals surface area contributed by atoms with Crippen molar-refractivity contribution >= 4 is 22.3 Å². The van der Waals surface area contributed by atoms with Gasteiger partial charge in [0.15, 0.2) is 17.6 Å². The molecule has 0 saturated carbocycles. The van der Waals surface area contributed by atoms with E-state index in [0.29, 0.717) is 11.5 Å². The maximum atomic E-state index is 12.4. The Balaban J connectivity index is 1.25.